The number of carboxylic acid groups (broad SMARTS) is 1. The average molecular weight is 484 g/mol. The fourth-order valence-electron chi connectivity index (χ4n) is 3.74. The van der Waals surface area contributed by atoms with E-state index in [1.165, 1.54) is 24.3 Å². The highest BCUT2D eigenvalue weighted by Gasteiger charge is 2.34. The number of carboxylic acids is 1. The van der Waals surface area contributed by atoms with Crippen LogP contribution in [0.15, 0.2) is 54.1 Å². The van der Waals surface area contributed by atoms with Gasteiger partial charge >= 0.3 is 12.1 Å². The van der Waals surface area contributed by atoms with Crippen molar-refractivity contribution in [1.29, 1.82) is 0 Å². The van der Waals surface area contributed by atoms with Crippen molar-refractivity contribution in [2.75, 3.05) is 31.1 Å². The zero-order valence-electron chi connectivity index (χ0n) is 17.9. The standard InChI is InChI=1S/C22H24F3N3O4S/c1-3-20(33(31,32)18-6-4-15(2)16(12-18)13-21(29)30)28-10-8-27(9-11-28)19-7-5-17(14-26-19)22(23,24)25/h3-7,12,14,20H,1,8-11,13H2,2H3,(H,29,30). The summed E-state index contributed by atoms with van der Waals surface area (Å²) in [5.74, 6) is -0.668. The number of piperazine rings is 1. The number of anilines is 1. The van der Waals surface area contributed by atoms with Gasteiger partial charge in [-0.15, -0.1) is 6.58 Å². The molecule has 1 aliphatic heterocycles. The predicted octanol–water partition coefficient (Wildman–Crippen LogP) is 3.14. The highest BCUT2D eigenvalue weighted by Crippen LogP contribution is 2.30. The monoisotopic (exact) mass is 483 g/mol. The summed E-state index contributed by atoms with van der Waals surface area (Å²) in [4.78, 5) is 18.5. The van der Waals surface area contributed by atoms with Gasteiger partial charge in [0.1, 0.15) is 11.2 Å². The molecule has 2 aromatic rings. The number of aliphatic carboxylic acids is 1. The van der Waals surface area contributed by atoms with E-state index >= 15 is 0 Å². The van der Waals surface area contributed by atoms with Crippen molar-refractivity contribution in [3.8, 4) is 0 Å². The van der Waals surface area contributed by atoms with E-state index in [0.717, 1.165) is 12.3 Å². The normalized spacial score (nSPS) is 16.4. The van der Waals surface area contributed by atoms with Crippen LogP contribution in [-0.4, -0.2) is 60.9 Å². The van der Waals surface area contributed by atoms with E-state index < -0.39 is 32.9 Å². The summed E-state index contributed by atoms with van der Waals surface area (Å²) in [7, 11) is -3.87. The van der Waals surface area contributed by atoms with E-state index in [1.54, 1.807) is 22.8 Å². The molecule has 1 aromatic heterocycles. The molecule has 1 saturated heterocycles. The van der Waals surface area contributed by atoms with Gasteiger partial charge in [-0.3, -0.25) is 9.69 Å². The SMILES string of the molecule is C=CC(N1CCN(c2ccc(C(F)(F)F)cn2)CC1)S(=O)(=O)c1ccc(C)c(CC(=O)O)c1. The molecule has 3 rings (SSSR count). The molecule has 178 valence electrons. The van der Waals surface area contributed by atoms with Gasteiger partial charge in [0.2, 0.25) is 0 Å². The number of rotatable bonds is 7. The van der Waals surface area contributed by atoms with Crippen molar-refractivity contribution in [2.45, 2.75) is 29.8 Å². The van der Waals surface area contributed by atoms with Crippen molar-refractivity contribution in [2.24, 2.45) is 0 Å². The molecule has 1 fully saturated rings. The summed E-state index contributed by atoms with van der Waals surface area (Å²) in [5, 5.41) is 8.05. The Balaban J connectivity index is 1.74. The van der Waals surface area contributed by atoms with Crippen LogP contribution in [0.3, 0.4) is 0 Å². The minimum Gasteiger partial charge on any atom is -0.481 e. The van der Waals surface area contributed by atoms with Crippen molar-refractivity contribution in [1.82, 2.24) is 9.88 Å². The Morgan fingerprint density at radius 1 is 1.21 bits per heavy atom. The zero-order valence-corrected chi connectivity index (χ0v) is 18.7. The second kappa shape index (κ2) is 9.52. The first-order valence-corrected chi connectivity index (χ1v) is 11.7. The van der Waals surface area contributed by atoms with Crippen molar-refractivity contribution in [3.05, 3.63) is 65.9 Å². The molecule has 1 atom stereocenters. The number of pyridine rings is 1. The van der Waals surface area contributed by atoms with Gasteiger partial charge < -0.3 is 10.0 Å². The largest absolute Gasteiger partial charge is 0.481 e. The maximum atomic E-state index is 13.3. The molecule has 33 heavy (non-hydrogen) atoms. The number of nitrogens with zero attached hydrogens (tertiary/aromatic N) is 3. The van der Waals surface area contributed by atoms with Crippen LogP contribution in [0.2, 0.25) is 0 Å². The van der Waals surface area contributed by atoms with Crippen LogP contribution in [0.1, 0.15) is 16.7 Å². The van der Waals surface area contributed by atoms with E-state index in [-0.39, 0.29) is 11.3 Å². The predicted molar refractivity (Wildman–Crippen MR) is 117 cm³/mol. The van der Waals surface area contributed by atoms with Crippen molar-refractivity contribution in [3.63, 3.8) is 0 Å². The summed E-state index contributed by atoms with van der Waals surface area (Å²) in [5.41, 5.74) is 0.275. The van der Waals surface area contributed by atoms with Crippen molar-refractivity contribution < 1.29 is 31.5 Å². The summed E-state index contributed by atoms with van der Waals surface area (Å²) in [6.45, 7) is 6.79. The lowest BCUT2D eigenvalue weighted by molar-refractivity contribution is -0.138. The van der Waals surface area contributed by atoms with Crippen LogP contribution in [0, 0.1) is 6.92 Å². The minimum absolute atomic E-state index is 0.0149. The molecule has 1 N–H and O–H groups in total. The topological polar surface area (TPSA) is 90.8 Å². The molecule has 0 spiro atoms. The molecule has 0 bridgehead atoms. The Morgan fingerprint density at radius 2 is 1.88 bits per heavy atom. The van der Waals surface area contributed by atoms with E-state index in [0.29, 0.717) is 43.1 Å². The van der Waals surface area contributed by atoms with Crippen LogP contribution in [0.4, 0.5) is 19.0 Å². The van der Waals surface area contributed by atoms with Gasteiger partial charge in [0.15, 0.2) is 9.84 Å². The van der Waals surface area contributed by atoms with Gasteiger partial charge in [-0.05, 0) is 42.3 Å². The number of sulfone groups is 1. The molecule has 0 saturated carbocycles. The number of halogens is 3. The van der Waals surface area contributed by atoms with Crippen LogP contribution < -0.4 is 4.90 Å². The van der Waals surface area contributed by atoms with E-state index in [2.05, 4.69) is 11.6 Å². The lowest BCUT2D eigenvalue weighted by Crippen LogP contribution is -2.52. The van der Waals surface area contributed by atoms with Crippen LogP contribution in [0.25, 0.3) is 0 Å². The molecule has 7 nitrogen and oxygen atoms in total. The fraction of sp³-hybridized carbons (Fsp3) is 0.364. The molecule has 1 aromatic carbocycles. The molecule has 1 unspecified atom stereocenters. The molecule has 1 aliphatic rings. The Morgan fingerprint density at radius 3 is 2.39 bits per heavy atom. The Kier molecular flexibility index (Phi) is 7.13. The summed E-state index contributed by atoms with van der Waals surface area (Å²) < 4.78 is 64.8. The van der Waals surface area contributed by atoms with Crippen LogP contribution in [-0.2, 0) is 27.2 Å². The highest BCUT2D eigenvalue weighted by molar-refractivity contribution is 7.92. The Bertz CT molecular complexity index is 1130. The third kappa shape index (κ3) is 5.53. The molecule has 0 aliphatic carbocycles. The van der Waals surface area contributed by atoms with Gasteiger partial charge in [-0.25, -0.2) is 13.4 Å². The first-order chi connectivity index (χ1) is 15.4. The molecule has 2 heterocycles. The number of alkyl halides is 3. The lowest BCUT2D eigenvalue weighted by atomic mass is 10.1. The molecule has 11 heteroatoms. The maximum absolute atomic E-state index is 13.3. The van der Waals surface area contributed by atoms with Crippen LogP contribution >= 0.6 is 0 Å². The molecular weight excluding hydrogens is 459 g/mol. The number of hydrogen-bond acceptors (Lipinski definition) is 6. The third-order valence-corrected chi connectivity index (χ3v) is 7.62. The second-order valence-corrected chi connectivity index (χ2v) is 9.80. The molecular formula is C22H24F3N3O4S. The minimum atomic E-state index is -4.46. The van der Waals surface area contributed by atoms with Crippen LogP contribution in [0.5, 0.6) is 0 Å². The van der Waals surface area contributed by atoms with Gasteiger partial charge in [-0.2, -0.15) is 13.2 Å². The highest BCUT2D eigenvalue weighted by atomic mass is 32.2. The van der Waals surface area contributed by atoms with Gasteiger partial charge in [0, 0.05) is 32.4 Å². The fourth-order valence-corrected chi connectivity index (χ4v) is 5.44. The third-order valence-electron chi connectivity index (χ3n) is 5.58. The van der Waals surface area contributed by atoms with Gasteiger partial charge in [0.25, 0.3) is 0 Å². The molecule has 0 amide bonds. The smallest absolute Gasteiger partial charge is 0.417 e. The Hall–Kier alpha value is -2.92. The number of carbonyl (C=O) groups is 1. The van der Waals surface area contributed by atoms with Crippen molar-refractivity contribution >= 4 is 21.6 Å². The quantitative estimate of drug-likeness (QED) is 0.605. The van der Waals surface area contributed by atoms with E-state index in [1.807, 2.05) is 0 Å². The lowest BCUT2D eigenvalue weighted by Gasteiger charge is -2.38. The summed E-state index contributed by atoms with van der Waals surface area (Å²) in [6, 6.07) is 6.69. The second-order valence-electron chi connectivity index (χ2n) is 7.76. The maximum Gasteiger partial charge on any atom is 0.417 e. The number of benzene rings is 1. The summed E-state index contributed by atoms with van der Waals surface area (Å²) in [6.07, 6.45) is -2.63. The first-order valence-electron chi connectivity index (χ1n) is 10.1. The molecule has 0 radical (unpaired) electrons. The van der Waals surface area contributed by atoms with E-state index in [9.17, 15) is 26.4 Å². The first kappa shape index (κ1) is 24.7. The van der Waals surface area contributed by atoms with Gasteiger partial charge in [0.05, 0.1) is 16.9 Å². The summed E-state index contributed by atoms with van der Waals surface area (Å²) >= 11 is 0. The zero-order chi connectivity index (χ0) is 24.4. The van der Waals surface area contributed by atoms with Gasteiger partial charge in [-0.1, -0.05) is 12.1 Å². The van der Waals surface area contributed by atoms with E-state index in [4.69, 9.17) is 5.11 Å². The number of hydrogen-bond donors (Lipinski definition) is 1. The Labute approximate surface area is 190 Å². The average Bonchev–Trinajstić information content (AvgIpc) is 2.75. The number of aromatic nitrogens is 1. The number of aryl methyl sites for hydroxylation is 1.